The summed E-state index contributed by atoms with van der Waals surface area (Å²) in [6, 6.07) is 6.50. The molecule has 128 valence electrons. The predicted octanol–water partition coefficient (Wildman–Crippen LogP) is 3.20. The van der Waals surface area contributed by atoms with E-state index < -0.39 is 0 Å². The van der Waals surface area contributed by atoms with Crippen molar-refractivity contribution in [3.8, 4) is 0 Å². The first-order chi connectivity index (χ1) is 10.6. The Morgan fingerprint density at radius 1 is 1.22 bits per heavy atom. The summed E-state index contributed by atoms with van der Waals surface area (Å²) in [4.78, 5) is 14.6. The molecule has 3 rings (SSSR count). The standard InChI is InChI=1S/C18H25FN2O.ClH/c1-13(14-2-4-17(19)5-3-14)10-18(22)21-8-6-15-11-20-12-16(15)7-9-21;/h2-5,13,15-16,20H,6-12H2,1H3;1H/t13?,15-,16+;. The Hall–Kier alpha value is -1.13. The van der Waals surface area contributed by atoms with E-state index in [1.165, 1.54) is 12.1 Å². The lowest BCUT2D eigenvalue weighted by molar-refractivity contribution is -0.131. The largest absolute Gasteiger partial charge is 0.343 e. The van der Waals surface area contributed by atoms with Crippen LogP contribution in [0.3, 0.4) is 0 Å². The van der Waals surface area contributed by atoms with Crippen LogP contribution >= 0.6 is 12.4 Å². The topological polar surface area (TPSA) is 32.3 Å². The van der Waals surface area contributed by atoms with Gasteiger partial charge < -0.3 is 10.2 Å². The van der Waals surface area contributed by atoms with Crippen LogP contribution in [-0.4, -0.2) is 37.0 Å². The van der Waals surface area contributed by atoms with Crippen molar-refractivity contribution in [1.29, 1.82) is 0 Å². The first-order valence-corrected chi connectivity index (χ1v) is 8.37. The second-order valence-electron chi connectivity index (χ2n) is 6.79. The van der Waals surface area contributed by atoms with Crippen molar-refractivity contribution >= 4 is 18.3 Å². The van der Waals surface area contributed by atoms with E-state index in [2.05, 4.69) is 5.32 Å². The van der Waals surface area contributed by atoms with Gasteiger partial charge in [-0.3, -0.25) is 4.79 Å². The van der Waals surface area contributed by atoms with Gasteiger partial charge in [-0.25, -0.2) is 4.39 Å². The number of carbonyl (C=O) groups is 1. The van der Waals surface area contributed by atoms with Crippen molar-refractivity contribution < 1.29 is 9.18 Å². The highest BCUT2D eigenvalue weighted by molar-refractivity contribution is 5.85. The van der Waals surface area contributed by atoms with Crippen molar-refractivity contribution in [1.82, 2.24) is 10.2 Å². The number of rotatable bonds is 3. The summed E-state index contributed by atoms with van der Waals surface area (Å²) in [5, 5.41) is 3.46. The van der Waals surface area contributed by atoms with Crippen molar-refractivity contribution in [2.45, 2.75) is 32.1 Å². The van der Waals surface area contributed by atoms with Crippen LogP contribution in [0.4, 0.5) is 4.39 Å². The molecule has 3 atom stereocenters. The van der Waals surface area contributed by atoms with Crippen LogP contribution in [0, 0.1) is 17.7 Å². The molecule has 2 heterocycles. The molecule has 0 radical (unpaired) electrons. The number of fused-ring (bicyclic) bond motifs is 1. The maximum absolute atomic E-state index is 13.0. The Balaban J connectivity index is 0.00000192. The van der Waals surface area contributed by atoms with Gasteiger partial charge in [-0.15, -0.1) is 12.4 Å². The molecule has 2 aliphatic heterocycles. The number of nitrogens with zero attached hydrogens (tertiary/aromatic N) is 1. The van der Waals surface area contributed by atoms with Crippen LogP contribution in [0.25, 0.3) is 0 Å². The Kier molecular flexibility index (Phi) is 6.42. The smallest absolute Gasteiger partial charge is 0.223 e. The highest BCUT2D eigenvalue weighted by atomic mass is 35.5. The van der Waals surface area contributed by atoms with Gasteiger partial charge in [0.15, 0.2) is 0 Å². The molecule has 0 aliphatic carbocycles. The maximum atomic E-state index is 13.0. The molecule has 0 bridgehead atoms. The monoisotopic (exact) mass is 340 g/mol. The fraction of sp³-hybridized carbons (Fsp3) is 0.611. The summed E-state index contributed by atoms with van der Waals surface area (Å²) < 4.78 is 13.0. The third-order valence-electron chi connectivity index (χ3n) is 5.29. The first kappa shape index (κ1) is 18.2. The van der Waals surface area contributed by atoms with Crippen LogP contribution in [-0.2, 0) is 4.79 Å². The van der Waals surface area contributed by atoms with Gasteiger partial charge in [0, 0.05) is 19.5 Å². The lowest BCUT2D eigenvalue weighted by atomic mass is 9.92. The van der Waals surface area contributed by atoms with Gasteiger partial charge in [0.2, 0.25) is 5.91 Å². The molecule has 0 spiro atoms. The third kappa shape index (κ3) is 4.45. The van der Waals surface area contributed by atoms with Crippen molar-refractivity contribution in [2.24, 2.45) is 11.8 Å². The van der Waals surface area contributed by atoms with E-state index >= 15 is 0 Å². The van der Waals surface area contributed by atoms with Crippen LogP contribution in [0.5, 0.6) is 0 Å². The van der Waals surface area contributed by atoms with E-state index in [-0.39, 0.29) is 30.0 Å². The summed E-state index contributed by atoms with van der Waals surface area (Å²) in [6.07, 6.45) is 2.75. The molecule has 2 fully saturated rings. The van der Waals surface area contributed by atoms with Crippen LogP contribution < -0.4 is 5.32 Å². The number of likely N-dealkylation sites (tertiary alicyclic amines) is 1. The number of hydrogen-bond acceptors (Lipinski definition) is 2. The second-order valence-corrected chi connectivity index (χ2v) is 6.79. The zero-order valence-electron chi connectivity index (χ0n) is 13.6. The average Bonchev–Trinajstić information content (AvgIpc) is 2.86. The molecule has 1 aromatic carbocycles. The lowest BCUT2D eigenvalue weighted by Crippen LogP contribution is -2.33. The van der Waals surface area contributed by atoms with E-state index in [1.807, 2.05) is 11.8 Å². The molecule has 23 heavy (non-hydrogen) atoms. The highest BCUT2D eigenvalue weighted by Gasteiger charge is 2.31. The summed E-state index contributed by atoms with van der Waals surface area (Å²) in [7, 11) is 0. The summed E-state index contributed by atoms with van der Waals surface area (Å²) in [6.45, 7) is 6.04. The number of carbonyl (C=O) groups excluding carboxylic acids is 1. The van der Waals surface area contributed by atoms with Gasteiger partial charge in [-0.05, 0) is 61.4 Å². The quantitative estimate of drug-likeness (QED) is 0.916. The molecule has 1 amide bonds. The van der Waals surface area contributed by atoms with Crippen LogP contribution in [0.15, 0.2) is 24.3 Å². The minimum Gasteiger partial charge on any atom is -0.343 e. The van der Waals surface area contributed by atoms with Crippen molar-refractivity contribution in [3.63, 3.8) is 0 Å². The molecule has 0 aromatic heterocycles. The Morgan fingerprint density at radius 2 is 1.78 bits per heavy atom. The Labute approximate surface area is 144 Å². The van der Waals surface area contributed by atoms with Gasteiger partial charge >= 0.3 is 0 Å². The van der Waals surface area contributed by atoms with E-state index in [0.717, 1.165) is 56.4 Å². The van der Waals surface area contributed by atoms with E-state index in [9.17, 15) is 9.18 Å². The summed E-state index contributed by atoms with van der Waals surface area (Å²) >= 11 is 0. The van der Waals surface area contributed by atoms with Crippen molar-refractivity contribution in [2.75, 3.05) is 26.2 Å². The fourth-order valence-electron chi connectivity index (χ4n) is 3.77. The molecular formula is C18H26ClFN2O. The van der Waals surface area contributed by atoms with Crippen LogP contribution in [0.1, 0.15) is 37.7 Å². The minimum absolute atomic E-state index is 0. The normalized spacial score (nSPS) is 25.2. The number of halogens is 2. The molecule has 1 unspecified atom stereocenters. The molecule has 3 nitrogen and oxygen atoms in total. The van der Waals surface area contributed by atoms with Crippen molar-refractivity contribution in [3.05, 3.63) is 35.6 Å². The molecule has 0 saturated carbocycles. The zero-order chi connectivity index (χ0) is 15.5. The molecule has 2 saturated heterocycles. The van der Waals surface area contributed by atoms with E-state index in [1.54, 1.807) is 12.1 Å². The zero-order valence-corrected chi connectivity index (χ0v) is 14.4. The minimum atomic E-state index is -0.227. The average molecular weight is 341 g/mol. The first-order valence-electron chi connectivity index (χ1n) is 8.37. The number of amides is 1. The molecule has 2 aliphatic rings. The molecule has 1 aromatic rings. The van der Waals surface area contributed by atoms with Gasteiger partial charge in [0.25, 0.3) is 0 Å². The Morgan fingerprint density at radius 3 is 2.35 bits per heavy atom. The van der Waals surface area contributed by atoms with Crippen LogP contribution in [0.2, 0.25) is 0 Å². The summed E-state index contributed by atoms with van der Waals surface area (Å²) in [5.74, 6) is 1.64. The SMILES string of the molecule is CC(CC(=O)N1CC[C@@H]2CNC[C@@H]2CC1)c1ccc(F)cc1.Cl. The lowest BCUT2D eigenvalue weighted by Gasteiger charge is -2.23. The second kappa shape index (κ2) is 8.11. The fourth-order valence-corrected chi connectivity index (χ4v) is 3.77. The van der Waals surface area contributed by atoms with Gasteiger partial charge in [-0.1, -0.05) is 19.1 Å². The highest BCUT2D eigenvalue weighted by Crippen LogP contribution is 2.28. The third-order valence-corrected chi connectivity index (χ3v) is 5.29. The van der Waals surface area contributed by atoms with Gasteiger partial charge in [0.1, 0.15) is 5.82 Å². The molecule has 5 heteroatoms. The Bertz CT molecular complexity index is 508. The molecular weight excluding hydrogens is 315 g/mol. The maximum Gasteiger partial charge on any atom is 0.223 e. The van der Waals surface area contributed by atoms with E-state index in [4.69, 9.17) is 0 Å². The molecule has 1 N–H and O–H groups in total. The number of nitrogens with one attached hydrogen (secondary N) is 1. The predicted molar refractivity (Wildman–Crippen MR) is 92.3 cm³/mol. The van der Waals surface area contributed by atoms with Gasteiger partial charge in [-0.2, -0.15) is 0 Å². The summed E-state index contributed by atoms with van der Waals surface area (Å²) in [5.41, 5.74) is 1.03. The number of benzene rings is 1. The number of hydrogen-bond donors (Lipinski definition) is 1. The van der Waals surface area contributed by atoms with E-state index in [0.29, 0.717) is 6.42 Å². The van der Waals surface area contributed by atoms with Gasteiger partial charge in [0.05, 0.1) is 0 Å².